The van der Waals surface area contributed by atoms with Gasteiger partial charge in [0.05, 0.1) is 5.52 Å². The van der Waals surface area contributed by atoms with Crippen LogP contribution in [0.5, 0.6) is 0 Å². The number of anilines is 1. The highest BCUT2D eigenvalue weighted by molar-refractivity contribution is 6.03. The minimum absolute atomic E-state index is 0.108. The first-order valence-electron chi connectivity index (χ1n) is 9.32. The zero-order valence-electron chi connectivity index (χ0n) is 16.3. The summed E-state index contributed by atoms with van der Waals surface area (Å²) in [4.78, 5) is 38.5. The number of ether oxygens (including phenoxy) is 1. The molecule has 0 spiro atoms. The molecule has 0 aliphatic carbocycles. The van der Waals surface area contributed by atoms with Gasteiger partial charge in [-0.25, -0.2) is 4.79 Å². The topological polar surface area (TPSA) is 104 Å². The number of amides is 2. The second-order valence-electron chi connectivity index (χ2n) is 6.30. The smallest absolute Gasteiger partial charge is 0.359 e. The lowest BCUT2D eigenvalue weighted by atomic mass is 10.1. The van der Waals surface area contributed by atoms with Crippen LogP contribution in [-0.4, -0.2) is 52.6 Å². The quantitative estimate of drug-likeness (QED) is 0.600. The Balaban J connectivity index is 1.60. The second-order valence-corrected chi connectivity index (χ2v) is 6.30. The number of rotatable bonds is 7. The van der Waals surface area contributed by atoms with E-state index >= 15 is 0 Å². The molecule has 0 bridgehead atoms. The van der Waals surface area contributed by atoms with Gasteiger partial charge in [-0.3, -0.25) is 14.7 Å². The molecule has 8 nitrogen and oxygen atoms in total. The van der Waals surface area contributed by atoms with E-state index in [1.165, 1.54) is 0 Å². The normalized spacial score (nSPS) is 10.6. The van der Waals surface area contributed by atoms with E-state index in [1.807, 2.05) is 19.9 Å². The van der Waals surface area contributed by atoms with Crippen molar-refractivity contribution in [3.8, 4) is 0 Å². The van der Waals surface area contributed by atoms with Crippen LogP contribution in [0.25, 0.3) is 10.9 Å². The van der Waals surface area contributed by atoms with E-state index in [4.69, 9.17) is 4.74 Å². The van der Waals surface area contributed by atoms with Crippen LogP contribution in [0, 0.1) is 0 Å². The van der Waals surface area contributed by atoms with Gasteiger partial charge in [0.15, 0.2) is 12.3 Å². The van der Waals surface area contributed by atoms with Gasteiger partial charge in [0.2, 0.25) is 0 Å². The van der Waals surface area contributed by atoms with Crippen molar-refractivity contribution in [1.29, 1.82) is 0 Å². The van der Waals surface area contributed by atoms with Crippen LogP contribution < -0.4 is 5.32 Å². The molecule has 1 aromatic heterocycles. The largest absolute Gasteiger partial charge is 0.451 e. The number of fused-ring (bicyclic) bond motifs is 1. The number of esters is 1. The molecule has 150 valence electrons. The average molecular weight is 394 g/mol. The highest BCUT2D eigenvalue weighted by atomic mass is 16.5. The summed E-state index contributed by atoms with van der Waals surface area (Å²) in [7, 11) is 0. The summed E-state index contributed by atoms with van der Waals surface area (Å²) in [5.41, 5.74) is 1.76. The first-order chi connectivity index (χ1) is 14.0. The van der Waals surface area contributed by atoms with Crippen molar-refractivity contribution in [2.75, 3.05) is 25.0 Å². The van der Waals surface area contributed by atoms with Crippen LogP contribution in [-0.2, 0) is 9.53 Å². The van der Waals surface area contributed by atoms with E-state index in [2.05, 4.69) is 15.5 Å². The van der Waals surface area contributed by atoms with Gasteiger partial charge < -0.3 is 15.0 Å². The minimum Gasteiger partial charge on any atom is -0.451 e. The summed E-state index contributed by atoms with van der Waals surface area (Å²) < 4.78 is 5.07. The van der Waals surface area contributed by atoms with E-state index in [9.17, 15) is 14.4 Å². The molecule has 2 amide bonds. The molecule has 0 aliphatic rings. The Labute approximate surface area is 167 Å². The standard InChI is InChI=1S/C21H22N4O4/c1-3-25(4-2)20(27)14-8-7-9-15(12-14)22-18(26)13-29-21(28)19-16-10-5-6-11-17(16)23-24-19/h5-12H,3-4,13H2,1-2H3,(H,22,26)(H,23,24). The van der Waals surface area contributed by atoms with Crippen molar-refractivity contribution in [3.63, 3.8) is 0 Å². The van der Waals surface area contributed by atoms with Crippen molar-refractivity contribution >= 4 is 34.4 Å². The van der Waals surface area contributed by atoms with Gasteiger partial charge in [-0.2, -0.15) is 5.10 Å². The molecule has 8 heteroatoms. The van der Waals surface area contributed by atoms with Crippen molar-refractivity contribution in [1.82, 2.24) is 15.1 Å². The number of hydrogen-bond donors (Lipinski definition) is 2. The van der Waals surface area contributed by atoms with Gasteiger partial charge in [-0.05, 0) is 38.1 Å². The maximum absolute atomic E-state index is 12.4. The molecular weight excluding hydrogens is 372 g/mol. The van der Waals surface area contributed by atoms with Crippen molar-refractivity contribution in [3.05, 3.63) is 59.8 Å². The number of nitrogens with zero attached hydrogens (tertiary/aromatic N) is 2. The molecule has 0 atom stereocenters. The lowest BCUT2D eigenvalue weighted by molar-refractivity contribution is -0.119. The number of benzene rings is 2. The molecule has 2 N–H and O–H groups in total. The summed E-state index contributed by atoms with van der Waals surface area (Å²) in [6, 6.07) is 13.8. The number of carbonyl (C=O) groups is 3. The summed E-state index contributed by atoms with van der Waals surface area (Å²) >= 11 is 0. The number of aromatic nitrogens is 2. The molecule has 0 aliphatic heterocycles. The molecule has 1 heterocycles. The minimum atomic E-state index is -0.692. The number of H-pyrrole nitrogens is 1. The lowest BCUT2D eigenvalue weighted by Gasteiger charge is -2.19. The zero-order valence-corrected chi connectivity index (χ0v) is 16.3. The second kappa shape index (κ2) is 9.01. The van der Waals surface area contributed by atoms with E-state index in [-0.39, 0.29) is 11.6 Å². The number of carbonyl (C=O) groups excluding carboxylic acids is 3. The monoisotopic (exact) mass is 394 g/mol. The summed E-state index contributed by atoms with van der Waals surface area (Å²) in [6.45, 7) is 4.55. The average Bonchev–Trinajstić information content (AvgIpc) is 3.17. The number of nitrogens with one attached hydrogen (secondary N) is 2. The van der Waals surface area contributed by atoms with Crippen molar-refractivity contribution < 1.29 is 19.1 Å². The van der Waals surface area contributed by atoms with Gasteiger partial charge in [-0.1, -0.05) is 24.3 Å². The van der Waals surface area contributed by atoms with Crippen molar-refractivity contribution in [2.45, 2.75) is 13.8 Å². The fourth-order valence-electron chi connectivity index (χ4n) is 2.94. The summed E-state index contributed by atoms with van der Waals surface area (Å²) in [5.74, 6) is -1.31. The van der Waals surface area contributed by atoms with Crippen LogP contribution in [0.4, 0.5) is 5.69 Å². The molecule has 0 saturated carbocycles. The Morgan fingerprint density at radius 1 is 1.07 bits per heavy atom. The Kier molecular flexibility index (Phi) is 6.23. The Morgan fingerprint density at radius 2 is 1.83 bits per heavy atom. The summed E-state index contributed by atoms with van der Waals surface area (Å²) in [6.07, 6.45) is 0. The molecule has 0 fully saturated rings. The van der Waals surface area contributed by atoms with Crippen LogP contribution >= 0.6 is 0 Å². The zero-order chi connectivity index (χ0) is 20.8. The van der Waals surface area contributed by atoms with Gasteiger partial charge in [0.1, 0.15) is 0 Å². The van der Waals surface area contributed by atoms with E-state index in [0.29, 0.717) is 35.2 Å². The van der Waals surface area contributed by atoms with Gasteiger partial charge in [-0.15, -0.1) is 0 Å². The van der Waals surface area contributed by atoms with Crippen LogP contribution in [0.3, 0.4) is 0 Å². The molecule has 3 aromatic rings. The first kappa shape index (κ1) is 20.1. The molecular formula is C21H22N4O4. The van der Waals surface area contributed by atoms with E-state index in [1.54, 1.807) is 47.4 Å². The maximum atomic E-state index is 12.4. The molecule has 2 aromatic carbocycles. The fraction of sp³-hybridized carbons (Fsp3) is 0.238. The highest BCUT2D eigenvalue weighted by Crippen LogP contribution is 2.16. The maximum Gasteiger partial charge on any atom is 0.359 e. The number of para-hydroxylation sites is 1. The van der Waals surface area contributed by atoms with Gasteiger partial charge >= 0.3 is 5.97 Å². The predicted octanol–water partition coefficient (Wildman–Crippen LogP) is 2.84. The number of hydrogen-bond acceptors (Lipinski definition) is 5. The third-order valence-corrected chi connectivity index (χ3v) is 4.44. The van der Waals surface area contributed by atoms with E-state index in [0.717, 1.165) is 0 Å². The fourth-order valence-corrected chi connectivity index (χ4v) is 2.94. The summed E-state index contributed by atoms with van der Waals surface area (Å²) in [5, 5.41) is 9.95. The molecule has 0 radical (unpaired) electrons. The molecule has 0 saturated heterocycles. The Bertz CT molecular complexity index is 1040. The number of aromatic amines is 1. The third kappa shape index (κ3) is 4.60. The first-order valence-corrected chi connectivity index (χ1v) is 9.32. The van der Waals surface area contributed by atoms with Gasteiger partial charge in [0, 0.05) is 29.7 Å². The highest BCUT2D eigenvalue weighted by Gasteiger charge is 2.17. The van der Waals surface area contributed by atoms with Crippen molar-refractivity contribution in [2.24, 2.45) is 0 Å². The molecule has 29 heavy (non-hydrogen) atoms. The Morgan fingerprint density at radius 3 is 2.59 bits per heavy atom. The SMILES string of the molecule is CCN(CC)C(=O)c1cccc(NC(=O)COC(=O)c2n[nH]c3ccccc23)c1. The Hall–Kier alpha value is -3.68. The van der Waals surface area contributed by atoms with E-state index < -0.39 is 18.5 Å². The van der Waals surface area contributed by atoms with Crippen LogP contribution in [0.1, 0.15) is 34.7 Å². The van der Waals surface area contributed by atoms with Crippen LogP contribution in [0.2, 0.25) is 0 Å². The lowest BCUT2D eigenvalue weighted by Crippen LogP contribution is -2.30. The van der Waals surface area contributed by atoms with Gasteiger partial charge in [0.25, 0.3) is 11.8 Å². The van der Waals surface area contributed by atoms with Crippen LogP contribution in [0.15, 0.2) is 48.5 Å². The predicted molar refractivity (Wildman–Crippen MR) is 109 cm³/mol. The molecule has 0 unspecified atom stereocenters. The molecule has 3 rings (SSSR count). The third-order valence-electron chi connectivity index (χ3n) is 4.44.